The van der Waals surface area contributed by atoms with Gasteiger partial charge in [-0.3, -0.25) is 11.3 Å². The first kappa shape index (κ1) is 11.7. The van der Waals surface area contributed by atoms with Crippen LogP contribution in [0.5, 0.6) is 0 Å². The minimum Gasteiger partial charge on any atom is -0.271 e. The van der Waals surface area contributed by atoms with Crippen LogP contribution in [-0.2, 0) is 0 Å². The maximum absolute atomic E-state index is 11.7. The van der Waals surface area contributed by atoms with Gasteiger partial charge < -0.3 is 0 Å². The van der Waals surface area contributed by atoms with Gasteiger partial charge >= 0.3 is 6.18 Å². The zero-order chi connectivity index (χ0) is 9.61. The number of hydrogen-bond donors (Lipinski definition) is 2. The zero-order valence-electron chi connectivity index (χ0n) is 7.12. The molecule has 0 radical (unpaired) electrons. The summed E-state index contributed by atoms with van der Waals surface area (Å²) < 4.78 is 35.0. The number of nitrogens with two attached hydrogens (primary N) is 1. The van der Waals surface area contributed by atoms with Crippen LogP contribution in [-0.4, -0.2) is 12.2 Å². The Morgan fingerprint density at radius 1 is 1.42 bits per heavy atom. The largest absolute Gasteiger partial charge is 0.389 e. The summed E-state index contributed by atoms with van der Waals surface area (Å²) in [5.41, 5.74) is 2.47. The van der Waals surface area contributed by atoms with E-state index in [0.29, 0.717) is 6.42 Å². The van der Waals surface area contributed by atoms with E-state index in [4.69, 9.17) is 5.84 Å². The lowest BCUT2D eigenvalue weighted by molar-refractivity contribution is -0.135. The number of rotatable bonds is 5. The summed E-state index contributed by atoms with van der Waals surface area (Å²) >= 11 is 0. The average molecular weight is 184 g/mol. The molecule has 0 aliphatic heterocycles. The number of hydrogen-bond acceptors (Lipinski definition) is 2. The topological polar surface area (TPSA) is 38.0 Å². The van der Waals surface area contributed by atoms with Crippen molar-refractivity contribution in [1.29, 1.82) is 0 Å². The summed E-state index contributed by atoms with van der Waals surface area (Å²) in [6.07, 6.45) is -3.37. The highest BCUT2D eigenvalue weighted by Crippen LogP contribution is 2.22. The van der Waals surface area contributed by atoms with E-state index in [9.17, 15) is 13.2 Å². The van der Waals surface area contributed by atoms with E-state index >= 15 is 0 Å². The van der Waals surface area contributed by atoms with Gasteiger partial charge in [0, 0.05) is 12.5 Å². The van der Waals surface area contributed by atoms with Crippen LogP contribution in [0.3, 0.4) is 0 Å². The van der Waals surface area contributed by atoms with Crippen molar-refractivity contribution in [3.05, 3.63) is 0 Å². The summed E-state index contributed by atoms with van der Waals surface area (Å²) in [5.74, 6) is 5.10. The molecule has 3 N–H and O–H groups in total. The summed E-state index contributed by atoms with van der Waals surface area (Å²) in [7, 11) is 0. The average Bonchev–Trinajstić information content (AvgIpc) is 1.96. The Morgan fingerprint density at radius 3 is 2.33 bits per heavy atom. The third-order valence-electron chi connectivity index (χ3n) is 1.74. The Balaban J connectivity index is 3.41. The first-order valence-corrected chi connectivity index (χ1v) is 4.02. The Hall–Kier alpha value is -0.290. The quantitative estimate of drug-likeness (QED) is 0.506. The van der Waals surface area contributed by atoms with Crippen LogP contribution in [0.2, 0.25) is 0 Å². The fraction of sp³-hybridized carbons (Fsp3) is 1.00. The van der Waals surface area contributed by atoms with Crippen molar-refractivity contribution in [3.63, 3.8) is 0 Å². The fourth-order valence-corrected chi connectivity index (χ4v) is 0.954. The van der Waals surface area contributed by atoms with E-state index in [0.717, 1.165) is 6.42 Å². The van der Waals surface area contributed by atoms with Gasteiger partial charge in [0.05, 0.1) is 0 Å². The summed E-state index contributed by atoms with van der Waals surface area (Å²) in [6, 6.07) is 0.00681. The van der Waals surface area contributed by atoms with E-state index < -0.39 is 12.6 Å². The number of halogens is 3. The van der Waals surface area contributed by atoms with Crippen molar-refractivity contribution in [2.24, 2.45) is 5.84 Å². The van der Waals surface area contributed by atoms with Crippen LogP contribution in [0.1, 0.15) is 32.6 Å². The van der Waals surface area contributed by atoms with Gasteiger partial charge in [0.1, 0.15) is 0 Å². The maximum atomic E-state index is 11.7. The lowest BCUT2D eigenvalue weighted by atomic mass is 10.1. The molecule has 0 aromatic rings. The third kappa shape index (κ3) is 6.42. The second kappa shape index (κ2) is 5.37. The van der Waals surface area contributed by atoms with Crippen molar-refractivity contribution in [1.82, 2.24) is 5.43 Å². The van der Waals surface area contributed by atoms with Gasteiger partial charge in [0.2, 0.25) is 0 Å². The van der Waals surface area contributed by atoms with Gasteiger partial charge in [-0.05, 0) is 19.3 Å². The van der Waals surface area contributed by atoms with Crippen LogP contribution in [0, 0.1) is 0 Å². The molecule has 0 aliphatic carbocycles. The van der Waals surface area contributed by atoms with Gasteiger partial charge in [-0.15, -0.1) is 0 Å². The number of alkyl halides is 3. The molecule has 12 heavy (non-hydrogen) atoms. The second-order valence-corrected chi connectivity index (χ2v) is 2.78. The lowest BCUT2D eigenvalue weighted by Crippen LogP contribution is -2.34. The van der Waals surface area contributed by atoms with Crippen molar-refractivity contribution in [3.8, 4) is 0 Å². The smallest absolute Gasteiger partial charge is 0.271 e. The van der Waals surface area contributed by atoms with Gasteiger partial charge in [-0.2, -0.15) is 13.2 Å². The monoisotopic (exact) mass is 184 g/mol. The molecule has 0 aromatic heterocycles. The molecule has 0 rings (SSSR count). The highest BCUT2D eigenvalue weighted by molar-refractivity contribution is 4.62. The Kier molecular flexibility index (Phi) is 5.24. The minimum absolute atomic E-state index is 0.00681. The predicted octanol–water partition coefficient (Wildman–Crippen LogP) is 1.96. The number of hydrazine groups is 1. The van der Waals surface area contributed by atoms with Gasteiger partial charge in [-0.1, -0.05) is 6.92 Å². The molecule has 74 valence electrons. The van der Waals surface area contributed by atoms with E-state index in [1.807, 2.05) is 6.92 Å². The maximum Gasteiger partial charge on any atom is 0.389 e. The van der Waals surface area contributed by atoms with Crippen LogP contribution in [0.25, 0.3) is 0 Å². The first-order chi connectivity index (χ1) is 5.49. The van der Waals surface area contributed by atoms with Crippen molar-refractivity contribution >= 4 is 0 Å². The Morgan fingerprint density at radius 2 is 2.00 bits per heavy atom. The SMILES string of the molecule is CCC(CCCC(F)(F)F)NN. The molecule has 0 bridgehead atoms. The van der Waals surface area contributed by atoms with Crippen molar-refractivity contribution in [2.75, 3.05) is 0 Å². The molecule has 1 atom stereocenters. The van der Waals surface area contributed by atoms with Gasteiger partial charge in [0.25, 0.3) is 0 Å². The van der Waals surface area contributed by atoms with Crippen LogP contribution in [0.4, 0.5) is 13.2 Å². The Labute approximate surface area is 70.3 Å². The van der Waals surface area contributed by atoms with Crippen LogP contribution in [0.15, 0.2) is 0 Å². The molecule has 0 fully saturated rings. The van der Waals surface area contributed by atoms with Crippen molar-refractivity contribution < 1.29 is 13.2 Å². The highest BCUT2D eigenvalue weighted by Gasteiger charge is 2.26. The molecule has 0 saturated carbocycles. The summed E-state index contributed by atoms with van der Waals surface area (Å²) in [4.78, 5) is 0. The van der Waals surface area contributed by atoms with Gasteiger partial charge in [0.15, 0.2) is 0 Å². The third-order valence-corrected chi connectivity index (χ3v) is 1.74. The Bertz CT molecular complexity index is 110. The van der Waals surface area contributed by atoms with E-state index in [2.05, 4.69) is 5.43 Å². The first-order valence-electron chi connectivity index (χ1n) is 4.02. The molecule has 5 heteroatoms. The van der Waals surface area contributed by atoms with E-state index in [-0.39, 0.29) is 12.5 Å². The standard InChI is InChI=1S/C7H15F3N2/c1-2-6(12-11)4-3-5-7(8,9)10/h6,12H,2-5,11H2,1H3. The zero-order valence-corrected chi connectivity index (χ0v) is 7.12. The molecule has 1 unspecified atom stereocenters. The minimum atomic E-state index is -4.03. The van der Waals surface area contributed by atoms with Crippen molar-refractivity contribution in [2.45, 2.75) is 44.8 Å². The fourth-order valence-electron chi connectivity index (χ4n) is 0.954. The molecule has 0 saturated heterocycles. The van der Waals surface area contributed by atoms with Gasteiger partial charge in [-0.25, -0.2) is 0 Å². The predicted molar refractivity (Wildman–Crippen MR) is 41.3 cm³/mol. The van der Waals surface area contributed by atoms with E-state index in [1.165, 1.54) is 0 Å². The molecule has 0 aromatic carbocycles. The molecular formula is C7H15F3N2. The highest BCUT2D eigenvalue weighted by atomic mass is 19.4. The molecule has 0 aliphatic rings. The molecule has 0 spiro atoms. The van der Waals surface area contributed by atoms with Crippen LogP contribution >= 0.6 is 0 Å². The van der Waals surface area contributed by atoms with Crippen LogP contribution < -0.4 is 11.3 Å². The van der Waals surface area contributed by atoms with E-state index in [1.54, 1.807) is 0 Å². The molecule has 0 heterocycles. The second-order valence-electron chi connectivity index (χ2n) is 2.78. The molecule has 2 nitrogen and oxygen atoms in total. The summed E-state index contributed by atoms with van der Waals surface area (Å²) in [6.45, 7) is 1.89. The number of nitrogens with one attached hydrogen (secondary N) is 1. The molecular weight excluding hydrogens is 169 g/mol. The normalized spacial score (nSPS) is 14.8. The lowest BCUT2D eigenvalue weighted by Gasteiger charge is -2.13. The molecule has 0 amide bonds. The summed E-state index contributed by atoms with van der Waals surface area (Å²) in [5, 5.41) is 0.